The summed E-state index contributed by atoms with van der Waals surface area (Å²) in [5.41, 5.74) is 4.07. The molecule has 0 saturated heterocycles. The zero-order valence-electron chi connectivity index (χ0n) is 43.3. The number of carboxylic acid groups (broad SMARTS) is 1. The number of carboxylic acids is 1. The van der Waals surface area contributed by atoms with Gasteiger partial charge in [0.2, 0.25) is 0 Å². The average molecular weight is 1110 g/mol. The second-order valence-electron chi connectivity index (χ2n) is 16.9. The third kappa shape index (κ3) is 23.7. The van der Waals surface area contributed by atoms with Crippen LogP contribution in [0.2, 0.25) is 0 Å². The van der Waals surface area contributed by atoms with Crippen LogP contribution in [0, 0.1) is 27.7 Å². The van der Waals surface area contributed by atoms with Crippen LogP contribution in [0.3, 0.4) is 0 Å². The van der Waals surface area contributed by atoms with E-state index in [-0.39, 0.29) is 58.1 Å². The Labute approximate surface area is 447 Å². The third-order valence-corrected chi connectivity index (χ3v) is 15.7. The SMILES string of the molecule is CCOC(=O)C(C)(C)Br.CCOC(=O)C(C)(C)S(=O)(=O)c1cccc(C)c1.CCOC(=O)C(C)(C)Sc1cccc(C)c1.Cc1cccc(S(=O)(=O)C(C)(C)C(=O)O)c1.Cc1cccc(S)c1.O.[Li+].[OH-]. The van der Waals surface area contributed by atoms with E-state index in [1.54, 1.807) is 71.9 Å². The molecule has 4 N–H and O–H groups in total. The zero-order valence-corrected chi connectivity index (χ0v) is 48.2. The number of carbonyl (C=O) groups is 4. The van der Waals surface area contributed by atoms with Crippen molar-refractivity contribution in [3.8, 4) is 0 Å². The van der Waals surface area contributed by atoms with Crippen LogP contribution in [-0.4, -0.2) is 95.2 Å². The van der Waals surface area contributed by atoms with E-state index < -0.39 is 50.2 Å². The van der Waals surface area contributed by atoms with Crippen LogP contribution in [0.15, 0.2) is 117 Å². The molecule has 0 amide bonds. The molecule has 0 unspecified atom stereocenters. The van der Waals surface area contributed by atoms with Crippen molar-refractivity contribution in [1.82, 2.24) is 0 Å². The van der Waals surface area contributed by atoms with Crippen molar-refractivity contribution >= 4 is 83.9 Å². The molecule has 0 bridgehead atoms. The van der Waals surface area contributed by atoms with Gasteiger partial charge in [-0.3, -0.25) is 19.2 Å². The van der Waals surface area contributed by atoms with Crippen molar-refractivity contribution in [1.29, 1.82) is 0 Å². The molecule has 0 atom stereocenters. The van der Waals surface area contributed by atoms with E-state index in [4.69, 9.17) is 19.3 Å². The predicted octanol–water partition coefficient (Wildman–Crippen LogP) is 7.18. The molecule has 14 nitrogen and oxygen atoms in total. The molecule has 70 heavy (non-hydrogen) atoms. The Balaban J connectivity index is -0.000000396. The maximum atomic E-state index is 12.4. The summed E-state index contributed by atoms with van der Waals surface area (Å²) in [6, 6.07) is 28.9. The largest absolute Gasteiger partial charge is 1.00 e. The van der Waals surface area contributed by atoms with Gasteiger partial charge in [-0.2, -0.15) is 0 Å². The number of rotatable bonds is 13. The maximum Gasteiger partial charge on any atom is 1.00 e. The molecule has 0 fully saturated rings. The second kappa shape index (κ2) is 32.4. The number of benzene rings is 4. The molecular weight excluding hydrogens is 1040 g/mol. The van der Waals surface area contributed by atoms with Gasteiger partial charge < -0.3 is 30.3 Å². The van der Waals surface area contributed by atoms with Gasteiger partial charge in [-0.15, -0.1) is 24.4 Å². The Kier molecular flexibility index (Phi) is 33.8. The molecule has 0 saturated carbocycles. The van der Waals surface area contributed by atoms with Gasteiger partial charge in [0.05, 0.1) is 29.6 Å². The first-order chi connectivity index (χ1) is 30.6. The first kappa shape index (κ1) is 72.9. The number of sulfone groups is 2. The van der Waals surface area contributed by atoms with Crippen LogP contribution in [0.25, 0.3) is 0 Å². The summed E-state index contributed by atoms with van der Waals surface area (Å²) in [6.45, 7) is 26.3. The van der Waals surface area contributed by atoms with E-state index in [9.17, 15) is 36.0 Å². The molecule has 4 aromatic carbocycles. The zero-order chi connectivity index (χ0) is 52.2. The van der Waals surface area contributed by atoms with Crippen LogP contribution in [-0.2, 0) is 53.1 Å². The summed E-state index contributed by atoms with van der Waals surface area (Å²) >= 11 is 8.86. The van der Waals surface area contributed by atoms with E-state index in [0.717, 1.165) is 20.9 Å². The third-order valence-electron chi connectivity index (χ3n) is 9.12. The van der Waals surface area contributed by atoms with Crippen LogP contribution >= 0.6 is 40.3 Å². The standard InChI is InChI=1S/C13H18O4S.C13H18O2S.C11H14O4S.C7H8S.C6H11BrO2.Li.2H2O/c1-5-17-12(14)13(3,4)18(15,16)11-8-6-7-10(2)9-11;1-5-15-12(14)13(3,4)16-11-8-6-7-10(2)9-11;1-8-5-4-6-9(7-8)16(14,15)11(2,3)10(12)13;1-6-3-2-4-7(8)5-6;1-4-9-5(8)6(2,3)7;;;/h6-9H,5H2,1-4H3;6-9H,5H2,1-4H3;4-7H,1-3H3,(H,12,13);2-5,8H,1H3;4H2,1-3H3;;2*1H2/q;;;;;+1;;/p-1. The van der Waals surface area contributed by atoms with Crippen molar-refractivity contribution in [2.24, 2.45) is 0 Å². The number of carbonyl (C=O) groups excluding carboxylic acids is 3. The van der Waals surface area contributed by atoms with Gasteiger partial charge in [0.15, 0.2) is 29.2 Å². The molecular formula is C50H72BrLiO14S4. The molecule has 0 radical (unpaired) electrons. The number of hydrogen-bond acceptors (Lipinski definition) is 14. The number of halogens is 1. The van der Waals surface area contributed by atoms with Crippen LogP contribution in [0.4, 0.5) is 0 Å². The minimum absolute atomic E-state index is 0. The average Bonchev–Trinajstić information content (AvgIpc) is 3.21. The Bertz CT molecular complexity index is 2470. The van der Waals surface area contributed by atoms with E-state index >= 15 is 0 Å². The molecule has 0 aromatic heterocycles. The van der Waals surface area contributed by atoms with Crippen molar-refractivity contribution in [3.05, 3.63) is 119 Å². The number of hydrogen-bond donors (Lipinski definition) is 2. The quantitative estimate of drug-likeness (QED) is 0.0336. The molecule has 0 aliphatic heterocycles. The fourth-order valence-corrected chi connectivity index (χ4v) is 9.35. The monoisotopic (exact) mass is 1110 g/mol. The number of thiol groups is 1. The number of aliphatic carboxylic acids is 1. The molecule has 0 aliphatic carbocycles. The topological polar surface area (TPSA) is 246 Å². The fourth-order valence-electron chi connectivity index (χ4n) is 4.93. The Morgan fingerprint density at radius 3 is 1.23 bits per heavy atom. The summed E-state index contributed by atoms with van der Waals surface area (Å²) in [7, 11) is -7.62. The fraction of sp³-hybridized carbons (Fsp3) is 0.440. The summed E-state index contributed by atoms with van der Waals surface area (Å²) in [6.07, 6.45) is 0. The van der Waals surface area contributed by atoms with Gasteiger partial charge in [0, 0.05) is 9.79 Å². The van der Waals surface area contributed by atoms with Gasteiger partial charge in [-0.05, 0) is 164 Å². The van der Waals surface area contributed by atoms with Crippen LogP contribution < -0.4 is 18.9 Å². The van der Waals surface area contributed by atoms with E-state index in [1.807, 2.05) is 64.1 Å². The second-order valence-corrected chi connectivity index (χ2v) is 26.1. The van der Waals surface area contributed by atoms with Gasteiger partial charge in [-0.1, -0.05) is 75.6 Å². The molecule has 0 spiro atoms. The molecule has 0 aliphatic rings. The molecule has 0 heterocycles. The summed E-state index contributed by atoms with van der Waals surface area (Å²) < 4.78 is 59.1. The minimum atomic E-state index is -3.86. The summed E-state index contributed by atoms with van der Waals surface area (Å²) in [5, 5.41) is 8.93. The number of ether oxygens (including phenoxy) is 3. The minimum Gasteiger partial charge on any atom is -0.870 e. The Morgan fingerprint density at radius 1 is 0.571 bits per heavy atom. The number of thioether (sulfide) groups is 1. The van der Waals surface area contributed by atoms with Gasteiger partial charge in [0.1, 0.15) is 9.07 Å². The predicted molar refractivity (Wildman–Crippen MR) is 281 cm³/mol. The van der Waals surface area contributed by atoms with Gasteiger partial charge >= 0.3 is 42.7 Å². The van der Waals surface area contributed by atoms with E-state index in [2.05, 4.69) is 47.6 Å². The van der Waals surface area contributed by atoms with Gasteiger partial charge in [-0.25, -0.2) is 16.8 Å². The van der Waals surface area contributed by atoms with Crippen molar-refractivity contribution in [3.63, 3.8) is 0 Å². The van der Waals surface area contributed by atoms with Crippen molar-refractivity contribution in [2.75, 3.05) is 19.8 Å². The number of alkyl halides is 1. The molecule has 20 heteroatoms. The van der Waals surface area contributed by atoms with Crippen LogP contribution in [0.1, 0.15) is 98.4 Å². The Hall–Kier alpha value is -3.64. The first-order valence-electron chi connectivity index (χ1n) is 21.2. The van der Waals surface area contributed by atoms with Crippen molar-refractivity contribution in [2.45, 2.75) is 142 Å². The smallest absolute Gasteiger partial charge is 0.870 e. The number of esters is 3. The summed E-state index contributed by atoms with van der Waals surface area (Å²) in [4.78, 5) is 47.5. The molecule has 388 valence electrons. The van der Waals surface area contributed by atoms with Gasteiger partial charge in [0.25, 0.3) is 0 Å². The molecule has 4 rings (SSSR count). The molecule has 4 aromatic rings. The Morgan fingerprint density at radius 2 is 0.914 bits per heavy atom. The van der Waals surface area contributed by atoms with E-state index in [1.165, 1.54) is 68.8 Å². The van der Waals surface area contributed by atoms with Crippen molar-refractivity contribution < 1.29 is 85.1 Å². The van der Waals surface area contributed by atoms with E-state index in [0.29, 0.717) is 13.2 Å². The maximum absolute atomic E-state index is 12.4. The van der Waals surface area contributed by atoms with Crippen LogP contribution in [0.5, 0.6) is 0 Å². The first-order valence-corrected chi connectivity index (χ1v) is 26.3. The normalized spacial score (nSPS) is 11.0. The summed E-state index contributed by atoms with van der Waals surface area (Å²) in [5.74, 6) is -2.47. The number of aryl methyl sites for hydroxylation is 4.